The molecule has 1 fully saturated rings. The van der Waals surface area contributed by atoms with Crippen LogP contribution < -0.4 is 10.3 Å². The molecule has 1 saturated heterocycles. The Labute approximate surface area is 189 Å². The Hall–Kier alpha value is -2.35. The SMILES string of the molecule is CC(C)=NNc1nc2c(N3CCN(C(=O)c4ccccc4Cl)CC3)c(Cl)ccc2s1. The van der Waals surface area contributed by atoms with E-state index in [2.05, 4.69) is 15.4 Å². The lowest BCUT2D eigenvalue weighted by Gasteiger charge is -2.36. The molecule has 0 unspecified atom stereocenters. The number of nitrogens with one attached hydrogen (secondary N) is 1. The number of hydrazone groups is 1. The topological polar surface area (TPSA) is 60.8 Å². The van der Waals surface area contributed by atoms with Crippen molar-refractivity contribution < 1.29 is 4.79 Å². The van der Waals surface area contributed by atoms with Crippen molar-refractivity contribution >= 4 is 67.2 Å². The van der Waals surface area contributed by atoms with Gasteiger partial charge in [-0.15, -0.1) is 0 Å². The second kappa shape index (κ2) is 8.79. The lowest BCUT2D eigenvalue weighted by Crippen LogP contribution is -2.49. The number of carbonyl (C=O) groups excluding carboxylic acids is 1. The molecule has 1 aliphatic rings. The van der Waals surface area contributed by atoms with Crippen LogP contribution in [0.4, 0.5) is 10.8 Å². The number of anilines is 2. The highest BCUT2D eigenvalue weighted by Crippen LogP contribution is 2.38. The number of hydrogen-bond acceptors (Lipinski definition) is 6. The van der Waals surface area contributed by atoms with Gasteiger partial charge < -0.3 is 9.80 Å². The van der Waals surface area contributed by atoms with E-state index in [1.165, 1.54) is 11.3 Å². The number of aromatic nitrogens is 1. The molecule has 1 N–H and O–H groups in total. The minimum absolute atomic E-state index is 0.0440. The average Bonchev–Trinajstić information content (AvgIpc) is 3.15. The summed E-state index contributed by atoms with van der Waals surface area (Å²) in [5.74, 6) is -0.0440. The van der Waals surface area contributed by atoms with Crippen molar-refractivity contribution in [2.75, 3.05) is 36.5 Å². The van der Waals surface area contributed by atoms with Crippen LogP contribution in [0.15, 0.2) is 41.5 Å². The normalized spacial score (nSPS) is 14.1. The molecule has 1 aromatic heterocycles. The van der Waals surface area contributed by atoms with Gasteiger partial charge in [0.05, 0.1) is 26.0 Å². The monoisotopic (exact) mass is 461 g/mol. The van der Waals surface area contributed by atoms with E-state index >= 15 is 0 Å². The molecule has 30 heavy (non-hydrogen) atoms. The predicted molar refractivity (Wildman–Crippen MR) is 127 cm³/mol. The fourth-order valence-electron chi connectivity index (χ4n) is 3.40. The van der Waals surface area contributed by atoms with E-state index < -0.39 is 0 Å². The lowest BCUT2D eigenvalue weighted by molar-refractivity contribution is 0.0747. The minimum atomic E-state index is -0.0440. The number of nitrogens with zero attached hydrogens (tertiary/aromatic N) is 4. The van der Waals surface area contributed by atoms with Crippen molar-refractivity contribution in [3.63, 3.8) is 0 Å². The average molecular weight is 462 g/mol. The van der Waals surface area contributed by atoms with Crippen molar-refractivity contribution in [2.45, 2.75) is 13.8 Å². The van der Waals surface area contributed by atoms with Gasteiger partial charge in [-0.05, 0) is 38.1 Å². The number of rotatable bonds is 4. The number of benzene rings is 2. The second-order valence-corrected chi connectivity index (χ2v) is 9.04. The molecular formula is C21H21Cl2N5OS. The number of hydrogen-bond donors (Lipinski definition) is 1. The van der Waals surface area contributed by atoms with Crippen LogP contribution in [-0.2, 0) is 0 Å². The summed E-state index contributed by atoms with van der Waals surface area (Å²) in [5, 5.41) is 6.09. The smallest absolute Gasteiger partial charge is 0.255 e. The second-order valence-electron chi connectivity index (χ2n) is 7.19. The summed E-state index contributed by atoms with van der Waals surface area (Å²) in [7, 11) is 0. The van der Waals surface area contributed by atoms with Gasteiger partial charge >= 0.3 is 0 Å². The van der Waals surface area contributed by atoms with Crippen LogP contribution >= 0.6 is 34.5 Å². The molecule has 0 bridgehead atoms. The van der Waals surface area contributed by atoms with Crippen molar-refractivity contribution in [1.29, 1.82) is 0 Å². The first-order valence-electron chi connectivity index (χ1n) is 9.58. The summed E-state index contributed by atoms with van der Waals surface area (Å²) in [6.07, 6.45) is 0. The number of thiazole rings is 1. The molecule has 3 aromatic rings. The Bertz CT molecular complexity index is 1120. The molecule has 9 heteroatoms. The molecule has 0 atom stereocenters. The Kier molecular flexibility index (Phi) is 6.13. The number of carbonyl (C=O) groups is 1. The van der Waals surface area contributed by atoms with E-state index in [1.807, 2.05) is 43.0 Å². The predicted octanol–water partition coefficient (Wildman–Crippen LogP) is 5.37. The molecule has 0 radical (unpaired) electrons. The molecule has 6 nitrogen and oxygen atoms in total. The maximum Gasteiger partial charge on any atom is 0.255 e. The van der Waals surface area contributed by atoms with E-state index in [0.717, 1.165) is 26.7 Å². The fraction of sp³-hybridized carbons (Fsp3) is 0.286. The first kappa shape index (κ1) is 20.9. The minimum Gasteiger partial charge on any atom is -0.365 e. The van der Waals surface area contributed by atoms with Gasteiger partial charge in [-0.2, -0.15) is 5.10 Å². The third kappa shape index (κ3) is 4.24. The third-order valence-corrected chi connectivity index (χ3v) is 6.41. The Balaban J connectivity index is 1.54. The Morgan fingerprint density at radius 1 is 1.07 bits per heavy atom. The van der Waals surface area contributed by atoms with Gasteiger partial charge in [0, 0.05) is 31.9 Å². The molecule has 1 amide bonds. The highest BCUT2D eigenvalue weighted by Gasteiger charge is 2.26. The molecule has 156 valence electrons. The van der Waals surface area contributed by atoms with Gasteiger partial charge in [0.1, 0.15) is 5.52 Å². The standard InChI is InChI=1S/C21H21Cl2N5OS/c1-13(2)25-26-21-24-18-17(30-21)8-7-16(23)19(18)27-9-11-28(12-10-27)20(29)14-5-3-4-6-15(14)22/h3-8H,9-12H2,1-2H3,(H,24,26). The highest BCUT2D eigenvalue weighted by atomic mass is 35.5. The van der Waals surface area contributed by atoms with Crippen LogP contribution in [-0.4, -0.2) is 47.7 Å². The molecule has 1 aliphatic heterocycles. The van der Waals surface area contributed by atoms with Gasteiger partial charge in [0.15, 0.2) is 0 Å². The van der Waals surface area contributed by atoms with E-state index in [1.54, 1.807) is 12.1 Å². The highest BCUT2D eigenvalue weighted by molar-refractivity contribution is 7.22. The summed E-state index contributed by atoms with van der Waals surface area (Å²) < 4.78 is 1.04. The van der Waals surface area contributed by atoms with Crippen molar-refractivity contribution in [2.24, 2.45) is 5.10 Å². The molecule has 2 aromatic carbocycles. The maximum absolute atomic E-state index is 12.8. The summed E-state index contributed by atoms with van der Waals surface area (Å²) >= 11 is 14.3. The van der Waals surface area contributed by atoms with Crippen molar-refractivity contribution in [3.8, 4) is 0 Å². The number of piperazine rings is 1. The zero-order valence-corrected chi connectivity index (χ0v) is 19.0. The van der Waals surface area contributed by atoms with Crippen LogP contribution in [0.5, 0.6) is 0 Å². The van der Waals surface area contributed by atoms with E-state index in [4.69, 9.17) is 28.2 Å². The van der Waals surface area contributed by atoms with Crippen molar-refractivity contribution in [1.82, 2.24) is 9.88 Å². The van der Waals surface area contributed by atoms with Gasteiger partial charge in [-0.1, -0.05) is 46.7 Å². The molecule has 0 spiro atoms. The molecular weight excluding hydrogens is 441 g/mol. The largest absolute Gasteiger partial charge is 0.365 e. The van der Waals surface area contributed by atoms with Gasteiger partial charge in [0.25, 0.3) is 5.91 Å². The summed E-state index contributed by atoms with van der Waals surface area (Å²) in [5.41, 5.74) is 6.21. The van der Waals surface area contributed by atoms with E-state index in [9.17, 15) is 4.79 Å². The van der Waals surface area contributed by atoms with Gasteiger partial charge in [-0.3, -0.25) is 10.2 Å². The zero-order chi connectivity index (χ0) is 21.3. The summed E-state index contributed by atoms with van der Waals surface area (Å²) in [6, 6.07) is 11.0. The Morgan fingerprint density at radius 2 is 1.80 bits per heavy atom. The van der Waals surface area contributed by atoms with E-state index in [0.29, 0.717) is 41.8 Å². The van der Waals surface area contributed by atoms with Gasteiger partial charge in [0.2, 0.25) is 5.13 Å². The number of amides is 1. The quantitative estimate of drug-likeness (QED) is 0.418. The zero-order valence-electron chi connectivity index (χ0n) is 16.7. The number of halogens is 2. The van der Waals surface area contributed by atoms with Gasteiger partial charge in [-0.25, -0.2) is 4.98 Å². The Morgan fingerprint density at radius 3 is 2.50 bits per heavy atom. The first-order chi connectivity index (χ1) is 14.4. The van der Waals surface area contributed by atoms with Crippen LogP contribution in [0, 0.1) is 0 Å². The molecule has 0 aliphatic carbocycles. The van der Waals surface area contributed by atoms with Crippen LogP contribution in [0.2, 0.25) is 10.0 Å². The lowest BCUT2D eigenvalue weighted by atomic mass is 10.1. The molecule has 0 saturated carbocycles. The van der Waals surface area contributed by atoms with Crippen LogP contribution in [0.1, 0.15) is 24.2 Å². The summed E-state index contributed by atoms with van der Waals surface area (Å²) in [6.45, 7) is 6.36. The van der Waals surface area contributed by atoms with Crippen LogP contribution in [0.3, 0.4) is 0 Å². The molecule has 4 rings (SSSR count). The first-order valence-corrected chi connectivity index (χ1v) is 11.2. The van der Waals surface area contributed by atoms with Crippen molar-refractivity contribution in [3.05, 3.63) is 52.0 Å². The van der Waals surface area contributed by atoms with Crippen LogP contribution in [0.25, 0.3) is 10.2 Å². The van der Waals surface area contributed by atoms with E-state index in [-0.39, 0.29) is 5.91 Å². The third-order valence-electron chi connectivity index (χ3n) is 4.85. The summed E-state index contributed by atoms with van der Waals surface area (Å²) in [4.78, 5) is 21.6. The fourth-order valence-corrected chi connectivity index (χ4v) is 4.70. The maximum atomic E-state index is 12.8. The molecule has 2 heterocycles. The number of fused-ring (bicyclic) bond motifs is 1.